The normalized spacial score (nSPS) is 23.5. The van der Waals surface area contributed by atoms with E-state index in [0.717, 1.165) is 25.7 Å². The number of carbonyl (C=O) groups is 1. The predicted octanol–water partition coefficient (Wildman–Crippen LogP) is 1.97. The Labute approximate surface area is 77.5 Å². The van der Waals surface area contributed by atoms with Crippen LogP contribution in [0.1, 0.15) is 39.0 Å². The van der Waals surface area contributed by atoms with Gasteiger partial charge in [0.15, 0.2) is 0 Å². The summed E-state index contributed by atoms with van der Waals surface area (Å²) in [6, 6.07) is 0. The number of ether oxygens (including phenoxy) is 1. The van der Waals surface area contributed by atoms with Crippen molar-refractivity contribution in [3.63, 3.8) is 0 Å². The molecule has 1 aliphatic carbocycles. The number of carboxylic acid groups (broad SMARTS) is 1. The Balaban J connectivity index is 2.50. The van der Waals surface area contributed by atoms with E-state index in [9.17, 15) is 9.90 Å². The van der Waals surface area contributed by atoms with Gasteiger partial charge in [0.2, 0.25) is 5.79 Å². The fourth-order valence-corrected chi connectivity index (χ4v) is 1.90. The summed E-state index contributed by atoms with van der Waals surface area (Å²) in [6.45, 7) is 1.43. The van der Waals surface area contributed by atoms with Gasteiger partial charge >= 0.3 is 6.16 Å². The van der Waals surface area contributed by atoms with E-state index in [4.69, 9.17) is 5.11 Å². The van der Waals surface area contributed by atoms with Gasteiger partial charge in [-0.15, -0.1) is 0 Å². The summed E-state index contributed by atoms with van der Waals surface area (Å²) in [5.74, 6) is -1.55. The smallest absolute Gasteiger partial charge is 0.450 e. The van der Waals surface area contributed by atoms with Crippen LogP contribution < -0.4 is 0 Å². The first kappa shape index (κ1) is 10.3. The molecule has 1 atom stereocenters. The molecule has 0 saturated heterocycles. The molecule has 2 N–H and O–H groups in total. The monoisotopic (exact) mass is 188 g/mol. The van der Waals surface area contributed by atoms with Crippen LogP contribution >= 0.6 is 0 Å². The Morgan fingerprint density at radius 2 is 1.92 bits per heavy atom. The Morgan fingerprint density at radius 1 is 1.38 bits per heavy atom. The second-order valence-electron chi connectivity index (χ2n) is 3.76. The zero-order valence-corrected chi connectivity index (χ0v) is 7.82. The highest BCUT2D eigenvalue weighted by atomic mass is 16.7. The molecular formula is C9H16O4. The lowest BCUT2D eigenvalue weighted by Gasteiger charge is -2.33. The van der Waals surface area contributed by atoms with Crippen molar-refractivity contribution >= 4 is 6.16 Å². The van der Waals surface area contributed by atoms with Crippen molar-refractivity contribution in [3.05, 3.63) is 0 Å². The standard InChI is InChI=1S/C9H16O4/c1-9(12,13-8(10)11)7-5-3-2-4-6-7/h7,12H,2-6H2,1H3,(H,10,11). The maximum atomic E-state index is 10.3. The summed E-state index contributed by atoms with van der Waals surface area (Å²) < 4.78 is 4.45. The minimum Gasteiger partial charge on any atom is -0.450 e. The summed E-state index contributed by atoms with van der Waals surface area (Å²) in [4.78, 5) is 10.3. The molecule has 0 bridgehead atoms. The van der Waals surface area contributed by atoms with Gasteiger partial charge in [-0.05, 0) is 12.8 Å². The second-order valence-corrected chi connectivity index (χ2v) is 3.76. The topological polar surface area (TPSA) is 66.8 Å². The highest BCUT2D eigenvalue weighted by Gasteiger charge is 2.36. The molecule has 4 heteroatoms. The van der Waals surface area contributed by atoms with Crippen LogP contribution in [0.2, 0.25) is 0 Å². The molecule has 1 unspecified atom stereocenters. The van der Waals surface area contributed by atoms with Gasteiger partial charge < -0.3 is 14.9 Å². The SMILES string of the molecule is CC(O)(OC(=O)O)C1CCCCC1. The third-order valence-electron chi connectivity index (χ3n) is 2.66. The molecule has 1 aliphatic rings. The van der Waals surface area contributed by atoms with Crippen LogP contribution in [-0.4, -0.2) is 22.2 Å². The Hall–Kier alpha value is -0.770. The minimum absolute atomic E-state index is 0.0441. The second kappa shape index (κ2) is 3.96. The zero-order valence-electron chi connectivity index (χ0n) is 7.82. The van der Waals surface area contributed by atoms with E-state index < -0.39 is 11.9 Å². The van der Waals surface area contributed by atoms with E-state index in [1.807, 2.05) is 0 Å². The van der Waals surface area contributed by atoms with Gasteiger partial charge in [-0.2, -0.15) is 0 Å². The van der Waals surface area contributed by atoms with Gasteiger partial charge in [0.25, 0.3) is 0 Å². The van der Waals surface area contributed by atoms with Gasteiger partial charge in [-0.25, -0.2) is 4.79 Å². The lowest BCUT2D eigenvalue weighted by Crippen LogP contribution is -2.40. The summed E-state index contributed by atoms with van der Waals surface area (Å²) in [5.41, 5.74) is 0. The lowest BCUT2D eigenvalue weighted by molar-refractivity contribution is -0.200. The Bertz CT molecular complexity index is 182. The van der Waals surface area contributed by atoms with E-state index >= 15 is 0 Å². The molecule has 0 aromatic rings. The molecule has 0 spiro atoms. The Kier molecular flexibility index (Phi) is 3.14. The summed E-state index contributed by atoms with van der Waals surface area (Å²) in [7, 11) is 0. The largest absolute Gasteiger partial charge is 0.508 e. The van der Waals surface area contributed by atoms with Crippen molar-refractivity contribution in [2.75, 3.05) is 0 Å². The van der Waals surface area contributed by atoms with Crippen LogP contribution in [0.3, 0.4) is 0 Å². The number of hydrogen-bond acceptors (Lipinski definition) is 3. The van der Waals surface area contributed by atoms with E-state index in [-0.39, 0.29) is 5.92 Å². The lowest BCUT2D eigenvalue weighted by atomic mass is 9.84. The van der Waals surface area contributed by atoms with E-state index in [0.29, 0.717) is 0 Å². The zero-order chi connectivity index (χ0) is 9.90. The molecule has 0 radical (unpaired) electrons. The van der Waals surface area contributed by atoms with Crippen LogP contribution in [0.4, 0.5) is 4.79 Å². The first-order valence-electron chi connectivity index (χ1n) is 4.66. The molecule has 0 aromatic heterocycles. The van der Waals surface area contributed by atoms with E-state index in [1.165, 1.54) is 13.3 Å². The summed E-state index contributed by atoms with van der Waals surface area (Å²) in [5, 5.41) is 18.1. The molecule has 0 aliphatic heterocycles. The van der Waals surface area contributed by atoms with Crippen LogP contribution in [0.15, 0.2) is 0 Å². The van der Waals surface area contributed by atoms with E-state index in [2.05, 4.69) is 4.74 Å². The van der Waals surface area contributed by atoms with Gasteiger partial charge in [0.1, 0.15) is 0 Å². The molecule has 13 heavy (non-hydrogen) atoms. The van der Waals surface area contributed by atoms with Crippen LogP contribution in [0.25, 0.3) is 0 Å². The molecule has 1 saturated carbocycles. The molecular weight excluding hydrogens is 172 g/mol. The van der Waals surface area contributed by atoms with Gasteiger partial charge in [-0.1, -0.05) is 19.3 Å². The highest BCUT2D eigenvalue weighted by molar-refractivity contribution is 5.57. The van der Waals surface area contributed by atoms with E-state index in [1.54, 1.807) is 0 Å². The predicted molar refractivity (Wildman–Crippen MR) is 46.3 cm³/mol. The van der Waals surface area contributed by atoms with Crippen molar-refractivity contribution < 1.29 is 19.7 Å². The third-order valence-corrected chi connectivity index (χ3v) is 2.66. The Morgan fingerprint density at radius 3 is 2.38 bits per heavy atom. The number of hydrogen-bond donors (Lipinski definition) is 2. The molecule has 0 amide bonds. The molecule has 1 fully saturated rings. The molecule has 1 rings (SSSR count). The quantitative estimate of drug-likeness (QED) is 0.513. The van der Waals surface area contributed by atoms with Gasteiger partial charge in [0, 0.05) is 12.8 Å². The molecule has 0 heterocycles. The van der Waals surface area contributed by atoms with Crippen molar-refractivity contribution in [3.8, 4) is 0 Å². The first-order valence-corrected chi connectivity index (χ1v) is 4.66. The average molecular weight is 188 g/mol. The molecule has 76 valence electrons. The van der Waals surface area contributed by atoms with Crippen molar-refractivity contribution in [2.24, 2.45) is 5.92 Å². The van der Waals surface area contributed by atoms with Crippen LogP contribution in [-0.2, 0) is 4.74 Å². The fourth-order valence-electron chi connectivity index (χ4n) is 1.90. The maximum absolute atomic E-state index is 10.3. The molecule has 0 aromatic carbocycles. The molecule has 4 nitrogen and oxygen atoms in total. The first-order chi connectivity index (χ1) is 6.02. The van der Waals surface area contributed by atoms with Crippen LogP contribution in [0, 0.1) is 5.92 Å². The van der Waals surface area contributed by atoms with Crippen molar-refractivity contribution in [2.45, 2.75) is 44.8 Å². The maximum Gasteiger partial charge on any atom is 0.508 e. The number of rotatable bonds is 2. The van der Waals surface area contributed by atoms with Crippen molar-refractivity contribution in [1.82, 2.24) is 0 Å². The van der Waals surface area contributed by atoms with Crippen molar-refractivity contribution in [1.29, 1.82) is 0 Å². The van der Waals surface area contributed by atoms with Gasteiger partial charge in [0.05, 0.1) is 0 Å². The summed E-state index contributed by atoms with van der Waals surface area (Å²) >= 11 is 0. The van der Waals surface area contributed by atoms with Crippen LogP contribution in [0.5, 0.6) is 0 Å². The number of aliphatic hydroxyl groups is 1. The van der Waals surface area contributed by atoms with Gasteiger partial charge in [-0.3, -0.25) is 0 Å². The highest BCUT2D eigenvalue weighted by Crippen LogP contribution is 2.33. The average Bonchev–Trinajstić information content (AvgIpc) is 2.04. The third kappa shape index (κ3) is 2.88. The minimum atomic E-state index is -1.51. The summed E-state index contributed by atoms with van der Waals surface area (Å²) in [6.07, 6.45) is 3.55. The fraction of sp³-hybridized carbons (Fsp3) is 0.889.